The van der Waals surface area contributed by atoms with Crippen LogP contribution in [0.5, 0.6) is 0 Å². The Kier molecular flexibility index (Phi) is 4.15. The number of nitrogens with one attached hydrogen (secondary N) is 1. The fourth-order valence-electron chi connectivity index (χ4n) is 1.27. The first-order chi connectivity index (χ1) is 8.90. The average molecular weight is 339 g/mol. The predicted molar refractivity (Wildman–Crippen MR) is 74.3 cm³/mol. The fourth-order valence-corrected chi connectivity index (χ4v) is 3.18. The summed E-state index contributed by atoms with van der Waals surface area (Å²) in [5.74, 6) is 0.0380. The Balaban J connectivity index is 2.41. The third-order valence-corrected chi connectivity index (χ3v) is 4.61. The summed E-state index contributed by atoms with van der Waals surface area (Å²) in [7, 11) is -3.90. The summed E-state index contributed by atoms with van der Waals surface area (Å²) in [5, 5.41) is 0.201. The highest BCUT2D eigenvalue weighted by molar-refractivity contribution is 7.92. The van der Waals surface area contributed by atoms with Gasteiger partial charge in [0.05, 0.1) is 10.0 Å². The number of hydrogen-bond donors (Lipinski definition) is 1. The molecule has 0 radical (unpaired) electrons. The van der Waals surface area contributed by atoms with Gasteiger partial charge in [-0.25, -0.2) is 18.4 Å². The molecule has 0 saturated heterocycles. The quantitative estimate of drug-likeness (QED) is 0.872. The number of nitrogens with zero attached hydrogens (tertiary/aromatic N) is 2. The van der Waals surface area contributed by atoms with E-state index in [9.17, 15) is 8.42 Å². The van der Waals surface area contributed by atoms with Gasteiger partial charge in [-0.2, -0.15) is 0 Å². The average Bonchev–Trinajstić information content (AvgIpc) is 2.32. The van der Waals surface area contributed by atoms with Gasteiger partial charge in [0, 0.05) is 6.07 Å². The zero-order valence-corrected chi connectivity index (χ0v) is 12.2. The van der Waals surface area contributed by atoms with Crippen molar-refractivity contribution in [3.05, 3.63) is 45.8 Å². The number of aromatic nitrogens is 2. The Morgan fingerprint density at radius 2 is 1.84 bits per heavy atom. The van der Waals surface area contributed by atoms with Gasteiger partial charge in [-0.15, -0.1) is 0 Å². The molecule has 0 aliphatic heterocycles. The summed E-state index contributed by atoms with van der Waals surface area (Å²) in [4.78, 5) is 7.24. The van der Waals surface area contributed by atoms with Gasteiger partial charge in [0.1, 0.15) is 22.2 Å². The van der Waals surface area contributed by atoms with E-state index in [2.05, 4.69) is 14.7 Å². The van der Waals surface area contributed by atoms with Crippen LogP contribution in [0.2, 0.25) is 15.2 Å². The Morgan fingerprint density at radius 3 is 2.53 bits per heavy atom. The summed E-state index contributed by atoms with van der Waals surface area (Å²) in [5.41, 5.74) is 0. The van der Waals surface area contributed by atoms with E-state index in [0.717, 1.165) is 6.33 Å². The lowest BCUT2D eigenvalue weighted by Gasteiger charge is -2.09. The molecule has 0 aliphatic rings. The number of anilines is 1. The lowest BCUT2D eigenvalue weighted by Crippen LogP contribution is -2.14. The molecule has 0 atom stereocenters. The van der Waals surface area contributed by atoms with E-state index >= 15 is 0 Å². The Labute approximate surface area is 124 Å². The molecular weight excluding hydrogens is 333 g/mol. The second kappa shape index (κ2) is 5.50. The first kappa shape index (κ1) is 14.3. The number of benzene rings is 1. The van der Waals surface area contributed by atoms with Gasteiger partial charge in [-0.05, 0) is 12.1 Å². The second-order valence-corrected chi connectivity index (χ2v) is 6.21. The maximum atomic E-state index is 12.1. The highest BCUT2D eigenvalue weighted by atomic mass is 35.5. The minimum absolute atomic E-state index is 0.0380. The van der Waals surface area contributed by atoms with Crippen molar-refractivity contribution < 1.29 is 8.42 Å². The third-order valence-electron chi connectivity index (χ3n) is 2.08. The van der Waals surface area contributed by atoms with Crippen LogP contribution in [-0.2, 0) is 10.0 Å². The minimum Gasteiger partial charge on any atom is -0.263 e. The molecule has 100 valence electrons. The second-order valence-electron chi connectivity index (χ2n) is 3.38. The number of rotatable bonds is 3. The minimum atomic E-state index is -3.90. The van der Waals surface area contributed by atoms with E-state index in [-0.39, 0.29) is 25.9 Å². The first-order valence-electron chi connectivity index (χ1n) is 4.84. The van der Waals surface area contributed by atoms with E-state index in [0.29, 0.717) is 0 Å². The monoisotopic (exact) mass is 337 g/mol. The molecule has 1 aromatic carbocycles. The van der Waals surface area contributed by atoms with Crippen LogP contribution in [-0.4, -0.2) is 18.4 Å². The topological polar surface area (TPSA) is 72.0 Å². The number of sulfonamides is 1. The highest BCUT2D eigenvalue weighted by Crippen LogP contribution is 2.29. The molecule has 0 aliphatic carbocycles. The number of hydrogen-bond acceptors (Lipinski definition) is 4. The van der Waals surface area contributed by atoms with Crippen LogP contribution >= 0.6 is 34.8 Å². The smallest absolute Gasteiger partial charge is 0.263 e. The predicted octanol–water partition coefficient (Wildman–Crippen LogP) is 3.24. The van der Waals surface area contributed by atoms with Gasteiger partial charge in [0.15, 0.2) is 0 Å². The summed E-state index contributed by atoms with van der Waals surface area (Å²) in [6.45, 7) is 0. The van der Waals surface area contributed by atoms with Gasteiger partial charge in [-0.3, -0.25) is 4.72 Å². The van der Waals surface area contributed by atoms with Crippen molar-refractivity contribution in [2.45, 2.75) is 4.90 Å². The van der Waals surface area contributed by atoms with Crippen LogP contribution in [0.15, 0.2) is 35.5 Å². The van der Waals surface area contributed by atoms with Crippen molar-refractivity contribution >= 4 is 50.6 Å². The maximum absolute atomic E-state index is 12.1. The molecule has 0 amide bonds. The standard InChI is InChI=1S/C10H6Cl3N3O2S/c11-6-2-1-3-7(10(6)13)19(17,18)16-9-4-8(12)14-5-15-9/h1-5H,(H,14,15,16). The molecule has 19 heavy (non-hydrogen) atoms. The van der Waals surface area contributed by atoms with Crippen molar-refractivity contribution in [2.24, 2.45) is 0 Å². The van der Waals surface area contributed by atoms with E-state index in [1.807, 2.05) is 0 Å². The Morgan fingerprint density at radius 1 is 1.11 bits per heavy atom. The first-order valence-corrected chi connectivity index (χ1v) is 7.46. The molecule has 0 bridgehead atoms. The SMILES string of the molecule is O=S(=O)(Nc1cc(Cl)ncn1)c1cccc(Cl)c1Cl. The lowest BCUT2D eigenvalue weighted by atomic mass is 10.4. The summed E-state index contributed by atoms with van der Waals surface area (Å²) in [6.07, 6.45) is 1.14. The van der Waals surface area contributed by atoms with Crippen LogP contribution < -0.4 is 4.72 Å². The summed E-state index contributed by atoms with van der Waals surface area (Å²) < 4.78 is 26.5. The van der Waals surface area contributed by atoms with Crippen LogP contribution in [0.3, 0.4) is 0 Å². The maximum Gasteiger partial charge on any atom is 0.264 e. The van der Waals surface area contributed by atoms with Crippen molar-refractivity contribution in [3.63, 3.8) is 0 Å². The molecule has 0 fully saturated rings. The van der Waals surface area contributed by atoms with Gasteiger partial charge in [0.2, 0.25) is 0 Å². The van der Waals surface area contributed by atoms with Crippen LogP contribution in [0.25, 0.3) is 0 Å². The van der Waals surface area contributed by atoms with E-state index in [1.165, 1.54) is 24.3 Å². The molecule has 2 aromatic rings. The van der Waals surface area contributed by atoms with E-state index in [4.69, 9.17) is 34.8 Å². The fraction of sp³-hybridized carbons (Fsp3) is 0. The molecule has 1 N–H and O–H groups in total. The molecule has 9 heteroatoms. The molecule has 1 heterocycles. The number of halogens is 3. The van der Waals surface area contributed by atoms with Gasteiger partial charge in [0.25, 0.3) is 10.0 Å². The zero-order valence-electron chi connectivity index (χ0n) is 9.14. The van der Waals surface area contributed by atoms with Crippen molar-refractivity contribution in [1.29, 1.82) is 0 Å². The van der Waals surface area contributed by atoms with Crippen LogP contribution in [0, 0.1) is 0 Å². The molecule has 0 spiro atoms. The van der Waals surface area contributed by atoms with Gasteiger partial charge in [-0.1, -0.05) is 40.9 Å². The highest BCUT2D eigenvalue weighted by Gasteiger charge is 2.20. The molecule has 5 nitrogen and oxygen atoms in total. The summed E-state index contributed by atoms with van der Waals surface area (Å²) in [6, 6.07) is 5.58. The van der Waals surface area contributed by atoms with Crippen molar-refractivity contribution in [2.75, 3.05) is 4.72 Å². The summed E-state index contributed by atoms with van der Waals surface area (Å²) >= 11 is 17.3. The molecule has 0 saturated carbocycles. The Bertz CT molecular complexity index is 722. The van der Waals surface area contributed by atoms with Gasteiger partial charge < -0.3 is 0 Å². The molecule has 0 unspecified atom stereocenters. The zero-order chi connectivity index (χ0) is 14.0. The molecule has 2 rings (SSSR count). The lowest BCUT2D eigenvalue weighted by molar-refractivity contribution is 0.601. The van der Waals surface area contributed by atoms with Crippen LogP contribution in [0.4, 0.5) is 5.82 Å². The van der Waals surface area contributed by atoms with E-state index < -0.39 is 10.0 Å². The van der Waals surface area contributed by atoms with Crippen molar-refractivity contribution in [1.82, 2.24) is 9.97 Å². The molecule has 1 aromatic heterocycles. The van der Waals surface area contributed by atoms with E-state index in [1.54, 1.807) is 0 Å². The Hall–Kier alpha value is -1.08. The third kappa shape index (κ3) is 3.27. The van der Waals surface area contributed by atoms with Crippen molar-refractivity contribution in [3.8, 4) is 0 Å². The van der Waals surface area contributed by atoms with Gasteiger partial charge >= 0.3 is 0 Å². The normalized spacial score (nSPS) is 11.3. The van der Waals surface area contributed by atoms with Crippen LogP contribution in [0.1, 0.15) is 0 Å². The molecular formula is C10H6Cl3N3O2S. The largest absolute Gasteiger partial charge is 0.264 e.